The van der Waals surface area contributed by atoms with E-state index in [0.29, 0.717) is 11.3 Å². The van der Waals surface area contributed by atoms with Gasteiger partial charge in [-0.05, 0) is 36.1 Å². The summed E-state index contributed by atoms with van der Waals surface area (Å²) in [6.45, 7) is 0. The fraction of sp³-hybridized carbons (Fsp3) is 0.125. The number of nitro benzene ring substituents is 1. The van der Waals surface area contributed by atoms with Crippen LogP contribution in [0.3, 0.4) is 0 Å². The molecule has 1 heterocycles. The highest BCUT2D eigenvalue weighted by Gasteiger charge is 2.25. The average molecular weight is 358 g/mol. The largest absolute Gasteiger partial charge is 0.470 e. The lowest BCUT2D eigenvalue weighted by atomic mass is 9.77. The van der Waals surface area contributed by atoms with Gasteiger partial charge >= 0.3 is 7.12 Å². The molecule has 0 spiro atoms. The highest BCUT2D eigenvalue weighted by Crippen LogP contribution is 2.24. The smallest absolute Gasteiger partial charge is 0.464 e. The van der Waals surface area contributed by atoms with Crippen molar-refractivity contribution < 1.29 is 19.4 Å². The summed E-state index contributed by atoms with van der Waals surface area (Å²) in [7, 11) is -1.60. The molecule has 0 saturated carbocycles. The SMILES string of the molecule is O=[N+]([O-])c1cccc(SNC(Cc2coc3ccccc23)B(O)O)c1. The third-order valence-electron chi connectivity index (χ3n) is 3.72. The van der Waals surface area contributed by atoms with E-state index in [1.165, 1.54) is 12.1 Å². The Morgan fingerprint density at radius 1 is 1.24 bits per heavy atom. The normalized spacial score (nSPS) is 12.2. The van der Waals surface area contributed by atoms with Crippen molar-refractivity contribution in [3.63, 3.8) is 0 Å². The first-order valence-electron chi connectivity index (χ1n) is 7.52. The molecule has 0 bridgehead atoms. The average Bonchev–Trinajstić information content (AvgIpc) is 3.01. The van der Waals surface area contributed by atoms with E-state index in [0.717, 1.165) is 28.5 Å². The van der Waals surface area contributed by atoms with Crippen LogP contribution < -0.4 is 4.72 Å². The van der Waals surface area contributed by atoms with Crippen LogP contribution in [0.2, 0.25) is 0 Å². The first-order valence-corrected chi connectivity index (χ1v) is 8.34. The Morgan fingerprint density at radius 3 is 2.80 bits per heavy atom. The summed E-state index contributed by atoms with van der Waals surface area (Å²) in [6, 6.07) is 13.6. The molecule has 1 aromatic heterocycles. The van der Waals surface area contributed by atoms with Crippen molar-refractivity contribution >= 4 is 35.7 Å². The van der Waals surface area contributed by atoms with E-state index < -0.39 is 18.0 Å². The van der Waals surface area contributed by atoms with E-state index in [-0.39, 0.29) is 5.69 Å². The summed E-state index contributed by atoms with van der Waals surface area (Å²) in [5, 5.41) is 31.0. The molecule has 0 aliphatic carbocycles. The summed E-state index contributed by atoms with van der Waals surface area (Å²) >= 11 is 1.11. The lowest BCUT2D eigenvalue weighted by Gasteiger charge is -2.16. The van der Waals surface area contributed by atoms with Crippen LogP contribution in [-0.2, 0) is 6.42 Å². The van der Waals surface area contributed by atoms with Gasteiger partial charge in [-0.2, -0.15) is 0 Å². The molecule has 3 N–H and O–H groups in total. The van der Waals surface area contributed by atoms with Crippen LogP contribution in [0.1, 0.15) is 5.56 Å². The number of non-ortho nitro benzene ring substituents is 1. The second-order valence-corrected chi connectivity index (χ2v) is 6.37. The van der Waals surface area contributed by atoms with Gasteiger partial charge in [-0.25, -0.2) is 0 Å². The zero-order valence-electron chi connectivity index (χ0n) is 13.0. The molecule has 0 fully saturated rings. The molecular formula is C16H15BN2O5S. The van der Waals surface area contributed by atoms with Crippen molar-refractivity contribution in [1.29, 1.82) is 0 Å². The van der Waals surface area contributed by atoms with Crippen molar-refractivity contribution in [3.8, 4) is 0 Å². The third-order valence-corrected chi connectivity index (χ3v) is 4.63. The van der Waals surface area contributed by atoms with Crippen molar-refractivity contribution in [2.75, 3.05) is 0 Å². The Morgan fingerprint density at radius 2 is 2.04 bits per heavy atom. The van der Waals surface area contributed by atoms with Crippen molar-refractivity contribution in [2.24, 2.45) is 0 Å². The lowest BCUT2D eigenvalue weighted by Crippen LogP contribution is -2.42. The Labute approximate surface area is 148 Å². The van der Waals surface area contributed by atoms with Gasteiger partial charge in [-0.15, -0.1) is 0 Å². The second kappa shape index (κ2) is 7.71. The monoisotopic (exact) mass is 358 g/mol. The molecule has 0 amide bonds. The summed E-state index contributed by atoms with van der Waals surface area (Å²) in [6.07, 6.45) is 1.93. The van der Waals surface area contributed by atoms with Gasteiger partial charge in [0.2, 0.25) is 0 Å². The molecule has 0 aliphatic rings. The van der Waals surface area contributed by atoms with Gasteiger partial charge in [0, 0.05) is 22.4 Å². The standard InChI is InChI=1S/C16H15BN2O5S/c20-17(21)16(8-11-10-24-15-7-2-1-6-14(11)15)18-25-13-5-3-4-12(9-13)19(22)23/h1-7,9-10,16,18,20-21H,8H2. The number of para-hydroxylation sites is 1. The van der Waals surface area contributed by atoms with Gasteiger partial charge in [0.1, 0.15) is 5.58 Å². The molecule has 9 heteroatoms. The Balaban J connectivity index is 1.72. The molecule has 2 aromatic carbocycles. The van der Waals surface area contributed by atoms with Crippen LogP contribution >= 0.6 is 11.9 Å². The van der Waals surface area contributed by atoms with Gasteiger partial charge in [-0.1, -0.05) is 24.3 Å². The number of rotatable bonds is 7. The summed E-state index contributed by atoms with van der Waals surface area (Å²) in [4.78, 5) is 11.0. The van der Waals surface area contributed by atoms with Crippen molar-refractivity contribution in [1.82, 2.24) is 4.72 Å². The molecule has 3 rings (SSSR count). The fourth-order valence-electron chi connectivity index (χ4n) is 2.44. The maximum absolute atomic E-state index is 10.8. The highest BCUT2D eigenvalue weighted by molar-refractivity contribution is 7.97. The van der Waals surface area contributed by atoms with Gasteiger partial charge in [0.25, 0.3) is 5.69 Å². The number of hydrogen-bond donors (Lipinski definition) is 3. The maximum Gasteiger partial charge on any atom is 0.470 e. The molecule has 25 heavy (non-hydrogen) atoms. The molecule has 128 valence electrons. The summed E-state index contributed by atoms with van der Waals surface area (Å²) < 4.78 is 8.42. The lowest BCUT2D eigenvalue weighted by molar-refractivity contribution is -0.385. The molecular weight excluding hydrogens is 343 g/mol. The van der Waals surface area contributed by atoms with Crippen LogP contribution in [0.5, 0.6) is 0 Å². The quantitative estimate of drug-likeness (QED) is 0.258. The predicted molar refractivity (Wildman–Crippen MR) is 96.0 cm³/mol. The number of furan rings is 1. The van der Waals surface area contributed by atoms with E-state index >= 15 is 0 Å². The number of hydrogen-bond acceptors (Lipinski definition) is 7. The Bertz CT molecular complexity index is 886. The Hall–Kier alpha value is -2.33. The first-order chi connectivity index (χ1) is 12.0. The molecule has 3 aromatic rings. The van der Waals surface area contributed by atoms with E-state index in [9.17, 15) is 20.2 Å². The third kappa shape index (κ3) is 4.20. The van der Waals surface area contributed by atoms with Crippen molar-refractivity contribution in [3.05, 3.63) is 70.5 Å². The molecule has 1 atom stereocenters. The second-order valence-electron chi connectivity index (χ2n) is 5.46. The fourth-order valence-corrected chi connectivity index (χ4v) is 3.26. The molecule has 0 radical (unpaired) electrons. The molecule has 1 unspecified atom stereocenters. The van der Waals surface area contributed by atoms with E-state index in [1.54, 1.807) is 18.4 Å². The minimum atomic E-state index is -1.60. The number of fused-ring (bicyclic) bond motifs is 1. The van der Waals surface area contributed by atoms with E-state index in [4.69, 9.17) is 4.42 Å². The predicted octanol–water partition coefficient (Wildman–Crippen LogP) is 2.56. The molecule has 7 nitrogen and oxygen atoms in total. The minimum Gasteiger partial charge on any atom is -0.464 e. The van der Waals surface area contributed by atoms with Gasteiger partial charge in [-0.3, -0.25) is 14.8 Å². The maximum atomic E-state index is 10.8. The zero-order valence-corrected chi connectivity index (χ0v) is 13.8. The first kappa shape index (κ1) is 17.5. The summed E-state index contributed by atoms with van der Waals surface area (Å²) in [5.74, 6) is -0.676. The van der Waals surface area contributed by atoms with Gasteiger partial charge in [0.15, 0.2) is 0 Å². The van der Waals surface area contributed by atoms with Crippen molar-refractivity contribution in [2.45, 2.75) is 17.3 Å². The number of nitrogens with zero attached hydrogens (tertiary/aromatic N) is 1. The summed E-state index contributed by atoms with van der Waals surface area (Å²) in [5.41, 5.74) is 1.56. The van der Waals surface area contributed by atoms with Crippen LogP contribution in [0, 0.1) is 10.1 Å². The number of nitro groups is 1. The van der Waals surface area contributed by atoms with Crippen LogP contribution in [0.15, 0.2) is 64.1 Å². The highest BCUT2D eigenvalue weighted by atomic mass is 32.2. The van der Waals surface area contributed by atoms with Crippen LogP contribution in [0.25, 0.3) is 11.0 Å². The van der Waals surface area contributed by atoms with E-state index in [1.807, 2.05) is 24.3 Å². The van der Waals surface area contributed by atoms with E-state index in [2.05, 4.69) is 4.72 Å². The topological polar surface area (TPSA) is 109 Å². The van der Waals surface area contributed by atoms with Crippen LogP contribution in [-0.4, -0.2) is 28.0 Å². The van der Waals surface area contributed by atoms with Crippen LogP contribution in [0.4, 0.5) is 5.69 Å². The van der Waals surface area contributed by atoms with Gasteiger partial charge < -0.3 is 14.5 Å². The molecule has 0 saturated heterocycles. The minimum absolute atomic E-state index is 0.0197. The van der Waals surface area contributed by atoms with Gasteiger partial charge in [0.05, 0.1) is 17.1 Å². The molecule has 0 aliphatic heterocycles. The zero-order chi connectivity index (χ0) is 17.8. The number of nitrogens with one attached hydrogen (secondary N) is 1. The number of benzene rings is 2. The Kier molecular flexibility index (Phi) is 5.39.